The number of carbonyl (C=O) groups excluding carboxylic acids is 2. The van der Waals surface area contributed by atoms with Crippen molar-refractivity contribution in [1.82, 2.24) is 0 Å². The summed E-state index contributed by atoms with van der Waals surface area (Å²) in [6.45, 7) is 6.01. The second-order valence-corrected chi connectivity index (χ2v) is 4.75. The van der Waals surface area contributed by atoms with Crippen LogP contribution >= 0.6 is 0 Å². The number of esters is 1. The zero-order valence-corrected chi connectivity index (χ0v) is 9.71. The summed E-state index contributed by atoms with van der Waals surface area (Å²) in [4.78, 5) is 22.4. The van der Waals surface area contributed by atoms with E-state index < -0.39 is 5.97 Å². The summed E-state index contributed by atoms with van der Waals surface area (Å²) >= 11 is 0. The lowest BCUT2D eigenvalue weighted by Gasteiger charge is -2.16. The Labute approximate surface area is 90.6 Å². The number of hydrogen-bond donors (Lipinski definition) is 1. The molecule has 0 unspecified atom stereocenters. The summed E-state index contributed by atoms with van der Waals surface area (Å²) in [5.74, 6) is -0.603. The third-order valence-electron chi connectivity index (χ3n) is 1.63. The Hall–Kier alpha value is -0.900. The fourth-order valence-electron chi connectivity index (χ4n) is 1.12. The van der Waals surface area contributed by atoms with Gasteiger partial charge in [0, 0.05) is 19.4 Å². The van der Waals surface area contributed by atoms with Crippen LogP contribution in [0.5, 0.6) is 0 Å². The number of Topliss-reactive ketones (excluding diaryl/α,β-unsaturated/α-hetero) is 1. The van der Waals surface area contributed by atoms with Gasteiger partial charge in [0.05, 0.1) is 6.61 Å². The van der Waals surface area contributed by atoms with Crippen LogP contribution in [0, 0.1) is 5.41 Å². The summed E-state index contributed by atoms with van der Waals surface area (Å²) in [5.41, 5.74) is -0.0948. The summed E-state index contributed by atoms with van der Waals surface area (Å²) in [6, 6.07) is 0. The summed E-state index contributed by atoms with van der Waals surface area (Å²) in [5, 5.41) is 8.46. The van der Waals surface area contributed by atoms with Gasteiger partial charge in [-0.1, -0.05) is 20.8 Å². The maximum atomic E-state index is 11.4. The van der Waals surface area contributed by atoms with Crippen molar-refractivity contribution in [2.24, 2.45) is 5.41 Å². The highest BCUT2D eigenvalue weighted by Gasteiger charge is 2.18. The van der Waals surface area contributed by atoms with Gasteiger partial charge in [0.25, 0.3) is 0 Å². The molecule has 1 N–H and O–H groups in total. The first-order chi connectivity index (χ1) is 6.85. The van der Waals surface area contributed by atoms with Gasteiger partial charge in [-0.05, 0) is 5.41 Å². The fraction of sp³-hybridized carbons (Fsp3) is 0.818. The molecular weight excluding hydrogens is 196 g/mol. The molecule has 0 aromatic heterocycles. The van der Waals surface area contributed by atoms with E-state index in [0.717, 1.165) is 0 Å². The van der Waals surface area contributed by atoms with E-state index in [0.29, 0.717) is 12.8 Å². The van der Waals surface area contributed by atoms with Crippen molar-refractivity contribution in [2.75, 3.05) is 13.2 Å². The van der Waals surface area contributed by atoms with Crippen molar-refractivity contribution in [3.05, 3.63) is 0 Å². The number of aliphatic hydroxyl groups excluding tert-OH is 1. The summed E-state index contributed by atoms with van der Waals surface area (Å²) < 4.78 is 4.75. The van der Waals surface area contributed by atoms with Crippen molar-refractivity contribution in [3.8, 4) is 0 Å². The first kappa shape index (κ1) is 14.1. The molecule has 4 heteroatoms. The normalized spacial score (nSPS) is 11.2. The Kier molecular flexibility index (Phi) is 6.17. The van der Waals surface area contributed by atoms with Crippen LogP contribution < -0.4 is 0 Å². The van der Waals surface area contributed by atoms with Crippen LogP contribution in [0.3, 0.4) is 0 Å². The average Bonchev–Trinajstić information content (AvgIpc) is 2.00. The number of ether oxygens (including phenoxy) is 1. The number of rotatable bonds is 6. The molecule has 0 spiro atoms. The third-order valence-corrected chi connectivity index (χ3v) is 1.63. The van der Waals surface area contributed by atoms with E-state index in [4.69, 9.17) is 9.84 Å². The lowest BCUT2D eigenvalue weighted by atomic mass is 9.89. The highest BCUT2D eigenvalue weighted by molar-refractivity contribution is 5.95. The molecule has 0 heterocycles. The van der Waals surface area contributed by atoms with Gasteiger partial charge < -0.3 is 9.84 Å². The van der Waals surface area contributed by atoms with E-state index in [2.05, 4.69) is 0 Å². The quantitative estimate of drug-likeness (QED) is 0.413. The van der Waals surface area contributed by atoms with E-state index >= 15 is 0 Å². The van der Waals surface area contributed by atoms with Gasteiger partial charge in [0.15, 0.2) is 0 Å². The molecule has 0 aliphatic rings. The van der Waals surface area contributed by atoms with Crippen LogP contribution in [0.1, 0.15) is 40.0 Å². The molecule has 4 nitrogen and oxygen atoms in total. The minimum Gasteiger partial charge on any atom is -0.465 e. The lowest BCUT2D eigenvalue weighted by Crippen LogP contribution is -2.17. The van der Waals surface area contributed by atoms with E-state index in [1.807, 2.05) is 20.8 Å². The Morgan fingerprint density at radius 1 is 1.27 bits per heavy atom. The molecule has 0 aromatic carbocycles. The second kappa shape index (κ2) is 6.56. The summed E-state index contributed by atoms with van der Waals surface area (Å²) in [7, 11) is 0. The maximum Gasteiger partial charge on any atom is 0.313 e. The van der Waals surface area contributed by atoms with Crippen LogP contribution in [-0.4, -0.2) is 30.1 Å². The number of aliphatic hydroxyl groups is 1. The summed E-state index contributed by atoms with van der Waals surface area (Å²) in [6.07, 6.45) is 0.629. The molecule has 0 atom stereocenters. The topological polar surface area (TPSA) is 63.6 Å². The third kappa shape index (κ3) is 9.41. The van der Waals surface area contributed by atoms with Crippen molar-refractivity contribution >= 4 is 11.8 Å². The Morgan fingerprint density at radius 3 is 2.33 bits per heavy atom. The molecule has 0 fully saturated rings. The number of hydrogen-bond acceptors (Lipinski definition) is 4. The first-order valence-corrected chi connectivity index (χ1v) is 5.13. The van der Waals surface area contributed by atoms with Crippen LogP contribution in [0.15, 0.2) is 0 Å². The van der Waals surface area contributed by atoms with Crippen molar-refractivity contribution in [1.29, 1.82) is 0 Å². The smallest absolute Gasteiger partial charge is 0.313 e. The van der Waals surface area contributed by atoms with Gasteiger partial charge in [-0.15, -0.1) is 0 Å². The maximum absolute atomic E-state index is 11.4. The Bertz CT molecular complexity index is 215. The molecule has 0 amide bonds. The predicted octanol–water partition coefficient (Wildman–Crippen LogP) is 1.31. The van der Waals surface area contributed by atoms with Crippen molar-refractivity contribution in [3.63, 3.8) is 0 Å². The molecule has 0 aliphatic heterocycles. The molecule has 0 radical (unpaired) electrons. The van der Waals surface area contributed by atoms with E-state index in [9.17, 15) is 9.59 Å². The lowest BCUT2D eigenvalue weighted by molar-refractivity contribution is -0.146. The van der Waals surface area contributed by atoms with Gasteiger partial charge in [-0.25, -0.2) is 0 Å². The second-order valence-electron chi connectivity index (χ2n) is 4.75. The van der Waals surface area contributed by atoms with Gasteiger partial charge in [0.1, 0.15) is 12.2 Å². The Balaban J connectivity index is 3.72. The van der Waals surface area contributed by atoms with Crippen molar-refractivity contribution in [2.45, 2.75) is 40.0 Å². The molecular formula is C11H20O4. The van der Waals surface area contributed by atoms with Crippen LogP contribution in [0.25, 0.3) is 0 Å². The average molecular weight is 216 g/mol. The standard InChI is InChI=1S/C11H20O4/c1-11(2,3)8-9(13)7-10(14)15-6-4-5-12/h12H,4-8H2,1-3H3. The van der Waals surface area contributed by atoms with E-state index in [1.165, 1.54) is 0 Å². The molecule has 88 valence electrons. The van der Waals surface area contributed by atoms with Gasteiger partial charge in [-0.2, -0.15) is 0 Å². The highest BCUT2D eigenvalue weighted by Crippen LogP contribution is 2.19. The van der Waals surface area contributed by atoms with Gasteiger partial charge in [-0.3, -0.25) is 9.59 Å². The van der Waals surface area contributed by atoms with E-state index in [-0.39, 0.29) is 30.8 Å². The zero-order chi connectivity index (χ0) is 11.9. The minimum atomic E-state index is -0.502. The molecule has 0 rings (SSSR count). The molecule has 0 aliphatic carbocycles. The fourth-order valence-corrected chi connectivity index (χ4v) is 1.12. The monoisotopic (exact) mass is 216 g/mol. The number of carbonyl (C=O) groups is 2. The predicted molar refractivity (Wildman–Crippen MR) is 56.4 cm³/mol. The minimum absolute atomic E-state index is 0.0107. The van der Waals surface area contributed by atoms with Gasteiger partial charge >= 0.3 is 5.97 Å². The zero-order valence-electron chi connectivity index (χ0n) is 9.71. The highest BCUT2D eigenvalue weighted by atomic mass is 16.5. The molecule has 0 aromatic rings. The molecule has 0 saturated heterocycles. The molecule has 0 saturated carbocycles. The van der Waals surface area contributed by atoms with Gasteiger partial charge in [0.2, 0.25) is 0 Å². The van der Waals surface area contributed by atoms with E-state index in [1.54, 1.807) is 0 Å². The van der Waals surface area contributed by atoms with Crippen LogP contribution in [0.2, 0.25) is 0 Å². The van der Waals surface area contributed by atoms with Crippen LogP contribution in [0.4, 0.5) is 0 Å². The molecule has 0 bridgehead atoms. The van der Waals surface area contributed by atoms with Crippen LogP contribution in [-0.2, 0) is 14.3 Å². The van der Waals surface area contributed by atoms with Crippen molar-refractivity contribution < 1.29 is 19.4 Å². The molecule has 15 heavy (non-hydrogen) atoms. The number of ketones is 1. The SMILES string of the molecule is CC(C)(C)CC(=O)CC(=O)OCCCO. The largest absolute Gasteiger partial charge is 0.465 e. The first-order valence-electron chi connectivity index (χ1n) is 5.13. The Morgan fingerprint density at radius 2 is 1.87 bits per heavy atom.